The first-order chi connectivity index (χ1) is 31.0. The van der Waals surface area contributed by atoms with Crippen LogP contribution >= 0.6 is 0 Å². The van der Waals surface area contributed by atoms with Crippen molar-refractivity contribution < 1.29 is 24.5 Å². The van der Waals surface area contributed by atoms with E-state index in [2.05, 4.69) is 43.5 Å². The van der Waals surface area contributed by atoms with Gasteiger partial charge in [-0.3, -0.25) is 9.59 Å². The Labute approximate surface area is 392 Å². The van der Waals surface area contributed by atoms with E-state index in [4.69, 9.17) is 4.74 Å². The van der Waals surface area contributed by atoms with E-state index in [1.807, 2.05) is 6.08 Å². The van der Waals surface area contributed by atoms with Crippen molar-refractivity contribution in [2.45, 2.75) is 302 Å². The second kappa shape index (κ2) is 52.7. The quantitative estimate of drug-likeness (QED) is 0.0321. The van der Waals surface area contributed by atoms with E-state index in [1.165, 1.54) is 186 Å². The minimum atomic E-state index is -0.868. The Kier molecular flexibility index (Phi) is 51.1. The zero-order chi connectivity index (χ0) is 45.8. The van der Waals surface area contributed by atoms with Crippen LogP contribution in [0.5, 0.6) is 0 Å². The molecule has 0 aliphatic rings. The number of allylic oxidation sites excluding steroid dienone is 5. The smallest absolute Gasteiger partial charge is 0.305 e. The molecule has 0 bridgehead atoms. The number of esters is 1. The fourth-order valence-corrected chi connectivity index (χ4v) is 8.33. The third kappa shape index (κ3) is 49.4. The number of aliphatic hydroxyl groups excluding tert-OH is 2. The number of carbonyl (C=O) groups excluding carboxylic acids is 2. The first kappa shape index (κ1) is 61.1. The fraction of sp³-hybridized carbons (Fsp3) is 0.860. The first-order valence-electron chi connectivity index (χ1n) is 27.8. The maximum absolute atomic E-state index is 12.5. The van der Waals surface area contributed by atoms with E-state index < -0.39 is 12.1 Å². The Hall–Kier alpha value is -1.92. The minimum Gasteiger partial charge on any atom is -0.466 e. The van der Waals surface area contributed by atoms with E-state index in [9.17, 15) is 19.8 Å². The van der Waals surface area contributed by atoms with Gasteiger partial charge in [-0.25, -0.2) is 0 Å². The summed E-state index contributed by atoms with van der Waals surface area (Å²) in [4.78, 5) is 24.5. The number of hydrogen-bond donors (Lipinski definition) is 3. The van der Waals surface area contributed by atoms with Gasteiger partial charge in [0.2, 0.25) is 5.91 Å². The van der Waals surface area contributed by atoms with Crippen molar-refractivity contribution in [3.8, 4) is 0 Å². The lowest BCUT2D eigenvalue weighted by Crippen LogP contribution is -2.45. The van der Waals surface area contributed by atoms with E-state index >= 15 is 0 Å². The lowest BCUT2D eigenvalue weighted by atomic mass is 10.0. The Morgan fingerprint density at radius 1 is 0.429 bits per heavy atom. The number of amides is 1. The molecule has 6 nitrogen and oxygen atoms in total. The van der Waals surface area contributed by atoms with E-state index in [1.54, 1.807) is 6.08 Å². The molecule has 2 atom stereocenters. The number of nitrogens with one attached hydrogen (secondary N) is 1. The zero-order valence-electron chi connectivity index (χ0n) is 42.1. The van der Waals surface area contributed by atoms with Crippen molar-refractivity contribution in [3.63, 3.8) is 0 Å². The van der Waals surface area contributed by atoms with Crippen LogP contribution in [0.3, 0.4) is 0 Å². The molecular weight excluding hydrogens is 779 g/mol. The molecular formula is C57H107NO5. The third-order valence-corrected chi connectivity index (χ3v) is 12.6. The summed E-state index contributed by atoms with van der Waals surface area (Å²) in [7, 11) is 0. The van der Waals surface area contributed by atoms with Gasteiger partial charge in [-0.2, -0.15) is 0 Å². The van der Waals surface area contributed by atoms with Gasteiger partial charge in [-0.15, -0.1) is 0 Å². The highest BCUT2D eigenvalue weighted by atomic mass is 16.5. The fourth-order valence-electron chi connectivity index (χ4n) is 8.33. The van der Waals surface area contributed by atoms with E-state index in [0.717, 1.165) is 77.0 Å². The molecule has 0 heterocycles. The van der Waals surface area contributed by atoms with Crippen LogP contribution in [-0.4, -0.2) is 47.4 Å². The van der Waals surface area contributed by atoms with Crippen LogP contribution in [0.2, 0.25) is 0 Å². The van der Waals surface area contributed by atoms with Gasteiger partial charge in [0.25, 0.3) is 0 Å². The maximum atomic E-state index is 12.5. The second-order valence-corrected chi connectivity index (χ2v) is 18.9. The van der Waals surface area contributed by atoms with Crippen LogP contribution in [0.25, 0.3) is 0 Å². The number of carbonyl (C=O) groups is 2. The summed E-state index contributed by atoms with van der Waals surface area (Å²) in [5.74, 6) is -0.150. The molecule has 0 radical (unpaired) electrons. The van der Waals surface area contributed by atoms with Crippen LogP contribution in [0.1, 0.15) is 290 Å². The number of rotatable bonds is 51. The number of aliphatic hydroxyl groups is 2. The van der Waals surface area contributed by atoms with Gasteiger partial charge in [-0.05, 0) is 83.5 Å². The molecule has 0 aromatic carbocycles. The maximum Gasteiger partial charge on any atom is 0.305 e. The molecule has 0 aliphatic heterocycles. The zero-order valence-corrected chi connectivity index (χ0v) is 42.1. The lowest BCUT2D eigenvalue weighted by Gasteiger charge is -2.20. The Morgan fingerprint density at radius 2 is 0.746 bits per heavy atom. The monoisotopic (exact) mass is 886 g/mol. The van der Waals surface area contributed by atoms with E-state index in [0.29, 0.717) is 19.4 Å². The van der Waals surface area contributed by atoms with Crippen molar-refractivity contribution in [2.24, 2.45) is 0 Å². The van der Waals surface area contributed by atoms with Crippen molar-refractivity contribution in [1.29, 1.82) is 0 Å². The van der Waals surface area contributed by atoms with Gasteiger partial charge >= 0.3 is 5.97 Å². The lowest BCUT2D eigenvalue weighted by molar-refractivity contribution is -0.143. The number of unbranched alkanes of at least 4 members (excludes halogenated alkanes) is 36. The summed E-state index contributed by atoms with van der Waals surface area (Å²) in [6.45, 7) is 4.81. The van der Waals surface area contributed by atoms with Crippen LogP contribution in [0, 0.1) is 0 Å². The summed E-state index contributed by atoms with van der Waals surface area (Å²) in [5.41, 5.74) is 0. The molecule has 0 saturated heterocycles. The molecule has 63 heavy (non-hydrogen) atoms. The Balaban J connectivity index is 3.56. The third-order valence-electron chi connectivity index (χ3n) is 12.6. The van der Waals surface area contributed by atoms with Gasteiger partial charge in [0.15, 0.2) is 0 Å². The predicted octanol–water partition coefficient (Wildman–Crippen LogP) is 16.9. The van der Waals surface area contributed by atoms with Gasteiger partial charge in [0.05, 0.1) is 25.4 Å². The van der Waals surface area contributed by atoms with Crippen LogP contribution < -0.4 is 5.32 Å². The molecule has 1 amide bonds. The molecule has 0 saturated carbocycles. The average molecular weight is 886 g/mol. The molecule has 6 heteroatoms. The first-order valence-corrected chi connectivity index (χ1v) is 27.8. The second-order valence-electron chi connectivity index (χ2n) is 18.9. The molecule has 0 rings (SSSR count). The summed E-state index contributed by atoms with van der Waals surface area (Å²) in [6, 6.07) is -0.655. The molecule has 0 aliphatic carbocycles. The Bertz CT molecular complexity index is 1020. The van der Waals surface area contributed by atoms with Crippen molar-refractivity contribution in [1.82, 2.24) is 5.32 Å². The minimum absolute atomic E-state index is 0.0469. The van der Waals surface area contributed by atoms with Crippen LogP contribution in [0.4, 0.5) is 0 Å². The average Bonchev–Trinajstić information content (AvgIpc) is 3.28. The van der Waals surface area contributed by atoms with Gasteiger partial charge < -0.3 is 20.3 Å². The standard InChI is InChI=1S/C57H107NO5/c1-3-5-7-9-11-13-15-17-19-20-21-22-23-24-25-26-27-29-33-37-41-45-49-55(60)54(53-59)58-56(61)50-46-42-38-34-31-32-36-40-44-48-52-63-57(62)51-47-43-39-35-30-28-18-16-14-12-10-8-6-4-2/h16,18,32,36,45,49,54-55,59-60H,3-15,17,19-31,33-35,37-44,46-48,50-53H2,1-2H3,(H,58,61)/b18-16-,36-32-,49-45+. The SMILES string of the molecule is CCCCCCC/C=C\CCCCCCCC(=O)OCCCC/C=C\CCCCCCC(=O)NC(CO)C(O)/C=C/CCCCCCCCCCCCCCCCCCCCCC. The Morgan fingerprint density at radius 3 is 1.13 bits per heavy atom. The number of ether oxygens (including phenoxy) is 1. The van der Waals surface area contributed by atoms with Crippen molar-refractivity contribution in [3.05, 3.63) is 36.5 Å². The molecule has 2 unspecified atom stereocenters. The van der Waals surface area contributed by atoms with Gasteiger partial charge in [0.1, 0.15) is 0 Å². The molecule has 0 aromatic rings. The predicted molar refractivity (Wildman–Crippen MR) is 273 cm³/mol. The van der Waals surface area contributed by atoms with Crippen LogP contribution in [0.15, 0.2) is 36.5 Å². The molecule has 370 valence electrons. The molecule has 0 fully saturated rings. The highest BCUT2D eigenvalue weighted by Crippen LogP contribution is 2.16. The molecule has 0 spiro atoms. The largest absolute Gasteiger partial charge is 0.466 e. The molecule has 0 aromatic heterocycles. The number of hydrogen-bond acceptors (Lipinski definition) is 5. The highest BCUT2D eigenvalue weighted by molar-refractivity contribution is 5.76. The van der Waals surface area contributed by atoms with Crippen LogP contribution in [-0.2, 0) is 14.3 Å². The summed E-state index contributed by atoms with van der Waals surface area (Å²) < 4.78 is 5.43. The van der Waals surface area contributed by atoms with Crippen molar-refractivity contribution >= 4 is 11.9 Å². The summed E-state index contributed by atoms with van der Waals surface area (Å²) in [5, 5.41) is 23.1. The highest BCUT2D eigenvalue weighted by Gasteiger charge is 2.18. The van der Waals surface area contributed by atoms with Gasteiger partial charge in [-0.1, -0.05) is 230 Å². The molecule has 3 N–H and O–H groups in total. The van der Waals surface area contributed by atoms with Gasteiger partial charge in [0, 0.05) is 12.8 Å². The summed E-state index contributed by atoms with van der Waals surface area (Å²) >= 11 is 0. The van der Waals surface area contributed by atoms with E-state index in [-0.39, 0.29) is 18.5 Å². The topological polar surface area (TPSA) is 95.9 Å². The summed E-state index contributed by atoms with van der Waals surface area (Å²) in [6.07, 6.45) is 64.5. The normalized spacial score (nSPS) is 12.9. The van der Waals surface area contributed by atoms with Crippen molar-refractivity contribution in [2.75, 3.05) is 13.2 Å².